The zero-order valence-electron chi connectivity index (χ0n) is 13.5. The van der Waals surface area contributed by atoms with Gasteiger partial charge in [-0.1, -0.05) is 6.92 Å². The second-order valence-corrected chi connectivity index (χ2v) is 6.04. The molecule has 0 radical (unpaired) electrons. The van der Waals surface area contributed by atoms with Crippen molar-refractivity contribution in [1.29, 1.82) is 0 Å². The summed E-state index contributed by atoms with van der Waals surface area (Å²) >= 11 is 0. The highest BCUT2D eigenvalue weighted by Gasteiger charge is 2.14. The molecule has 1 fully saturated rings. The smallest absolute Gasteiger partial charge is 0.224 e. The Labute approximate surface area is 136 Å². The highest BCUT2D eigenvalue weighted by Crippen LogP contribution is 2.13. The van der Waals surface area contributed by atoms with Crippen LogP contribution in [0.2, 0.25) is 0 Å². The fourth-order valence-corrected chi connectivity index (χ4v) is 2.65. The predicted octanol–water partition coefficient (Wildman–Crippen LogP) is 2.01. The molecule has 0 aliphatic carbocycles. The van der Waals surface area contributed by atoms with Crippen LogP contribution in [-0.2, 0) is 11.3 Å². The van der Waals surface area contributed by atoms with Crippen molar-refractivity contribution in [2.75, 3.05) is 30.4 Å². The summed E-state index contributed by atoms with van der Waals surface area (Å²) in [5, 5.41) is 10.9. The van der Waals surface area contributed by atoms with E-state index in [1.54, 1.807) is 12.4 Å². The number of aromatic nitrogens is 4. The van der Waals surface area contributed by atoms with Crippen LogP contribution in [0.25, 0.3) is 0 Å². The van der Waals surface area contributed by atoms with Crippen molar-refractivity contribution < 1.29 is 4.74 Å². The first-order valence-corrected chi connectivity index (χ1v) is 8.18. The van der Waals surface area contributed by atoms with Crippen LogP contribution in [0.15, 0.2) is 30.7 Å². The van der Waals surface area contributed by atoms with Crippen molar-refractivity contribution >= 4 is 11.8 Å². The second kappa shape index (κ2) is 7.92. The highest BCUT2D eigenvalue weighted by molar-refractivity contribution is 5.40. The molecule has 7 nitrogen and oxygen atoms in total. The SMILES string of the molecule is C[C@@H](CNc1nccc(N[C@@H]2CCCOC2)n1)Cn1cccn1. The molecule has 7 heteroatoms. The fraction of sp³-hybridized carbons (Fsp3) is 0.562. The Balaban J connectivity index is 1.48. The molecule has 0 bridgehead atoms. The minimum atomic E-state index is 0.338. The van der Waals surface area contributed by atoms with Crippen LogP contribution in [-0.4, -0.2) is 45.5 Å². The molecule has 0 amide bonds. The van der Waals surface area contributed by atoms with Gasteiger partial charge in [-0.05, 0) is 30.9 Å². The Bertz CT molecular complexity index is 582. The Hall–Kier alpha value is -2.15. The quantitative estimate of drug-likeness (QED) is 0.814. The van der Waals surface area contributed by atoms with E-state index in [1.165, 1.54) is 0 Å². The lowest BCUT2D eigenvalue weighted by Gasteiger charge is -2.23. The monoisotopic (exact) mass is 316 g/mol. The lowest BCUT2D eigenvalue weighted by atomic mass is 10.1. The van der Waals surface area contributed by atoms with E-state index in [4.69, 9.17) is 4.74 Å². The van der Waals surface area contributed by atoms with Crippen molar-refractivity contribution in [3.8, 4) is 0 Å². The van der Waals surface area contributed by atoms with Crippen LogP contribution in [0.1, 0.15) is 19.8 Å². The summed E-state index contributed by atoms with van der Waals surface area (Å²) in [6.07, 6.45) is 7.77. The Kier molecular flexibility index (Phi) is 5.42. The molecule has 2 aromatic heterocycles. The molecular formula is C16H24N6O. The van der Waals surface area contributed by atoms with Gasteiger partial charge in [-0.3, -0.25) is 4.68 Å². The van der Waals surface area contributed by atoms with Crippen molar-refractivity contribution in [2.45, 2.75) is 32.4 Å². The van der Waals surface area contributed by atoms with E-state index in [0.29, 0.717) is 17.9 Å². The number of hydrogen-bond acceptors (Lipinski definition) is 6. The lowest BCUT2D eigenvalue weighted by molar-refractivity contribution is 0.0875. The first kappa shape index (κ1) is 15.7. The van der Waals surface area contributed by atoms with Crippen LogP contribution in [0, 0.1) is 5.92 Å². The average molecular weight is 316 g/mol. The van der Waals surface area contributed by atoms with E-state index < -0.39 is 0 Å². The van der Waals surface area contributed by atoms with Gasteiger partial charge in [0.2, 0.25) is 5.95 Å². The molecule has 3 rings (SSSR count). The van der Waals surface area contributed by atoms with E-state index in [2.05, 4.69) is 32.6 Å². The van der Waals surface area contributed by atoms with Crippen LogP contribution in [0.3, 0.4) is 0 Å². The molecule has 1 aliphatic rings. The third-order valence-electron chi connectivity index (χ3n) is 3.83. The number of nitrogens with zero attached hydrogens (tertiary/aromatic N) is 4. The standard InChI is InChI=1S/C16H24N6O/c1-13(11-22-8-3-6-19-22)10-18-16-17-7-5-15(21-16)20-14-4-2-9-23-12-14/h3,5-8,13-14H,2,4,9-12H2,1H3,(H2,17,18,20,21)/t13-,14+/m0/s1. The largest absolute Gasteiger partial charge is 0.379 e. The Morgan fingerprint density at radius 2 is 2.39 bits per heavy atom. The average Bonchev–Trinajstić information content (AvgIpc) is 3.07. The van der Waals surface area contributed by atoms with E-state index >= 15 is 0 Å². The second-order valence-electron chi connectivity index (χ2n) is 6.04. The van der Waals surface area contributed by atoms with Crippen LogP contribution in [0.4, 0.5) is 11.8 Å². The summed E-state index contributed by atoms with van der Waals surface area (Å²) in [5.74, 6) is 1.93. The molecule has 124 valence electrons. The van der Waals surface area contributed by atoms with Crippen LogP contribution in [0.5, 0.6) is 0 Å². The Morgan fingerprint density at radius 1 is 1.43 bits per heavy atom. The molecule has 0 spiro atoms. The number of hydrogen-bond donors (Lipinski definition) is 2. The third kappa shape index (κ3) is 4.92. The summed E-state index contributed by atoms with van der Waals surface area (Å²) in [4.78, 5) is 8.81. The minimum absolute atomic E-state index is 0.338. The van der Waals surface area contributed by atoms with Crippen molar-refractivity contribution in [2.24, 2.45) is 5.92 Å². The van der Waals surface area contributed by atoms with Gasteiger partial charge in [0.05, 0.1) is 12.6 Å². The minimum Gasteiger partial charge on any atom is -0.379 e. The molecule has 2 N–H and O–H groups in total. The number of rotatable bonds is 7. The number of ether oxygens (including phenoxy) is 1. The molecule has 1 saturated heterocycles. The molecule has 1 aliphatic heterocycles. The summed E-state index contributed by atoms with van der Waals surface area (Å²) in [7, 11) is 0. The number of nitrogens with one attached hydrogen (secondary N) is 2. The van der Waals surface area contributed by atoms with Gasteiger partial charge in [-0.2, -0.15) is 10.1 Å². The van der Waals surface area contributed by atoms with Gasteiger partial charge in [0.15, 0.2) is 0 Å². The van der Waals surface area contributed by atoms with E-state index in [-0.39, 0.29) is 0 Å². The zero-order chi connectivity index (χ0) is 15.9. The molecule has 0 saturated carbocycles. The maximum absolute atomic E-state index is 5.48. The first-order chi connectivity index (χ1) is 11.3. The molecular weight excluding hydrogens is 292 g/mol. The number of anilines is 2. The Morgan fingerprint density at radius 3 is 3.17 bits per heavy atom. The van der Waals surface area contributed by atoms with Crippen LogP contribution < -0.4 is 10.6 Å². The topological polar surface area (TPSA) is 76.9 Å². The van der Waals surface area contributed by atoms with Gasteiger partial charge in [0.25, 0.3) is 0 Å². The fourth-order valence-electron chi connectivity index (χ4n) is 2.65. The van der Waals surface area contributed by atoms with E-state index in [0.717, 1.165) is 45.0 Å². The van der Waals surface area contributed by atoms with E-state index in [9.17, 15) is 0 Å². The van der Waals surface area contributed by atoms with Gasteiger partial charge < -0.3 is 15.4 Å². The first-order valence-electron chi connectivity index (χ1n) is 8.18. The van der Waals surface area contributed by atoms with Gasteiger partial charge in [-0.25, -0.2) is 4.98 Å². The van der Waals surface area contributed by atoms with Crippen molar-refractivity contribution in [3.63, 3.8) is 0 Å². The zero-order valence-corrected chi connectivity index (χ0v) is 13.5. The predicted molar refractivity (Wildman–Crippen MR) is 89.4 cm³/mol. The molecule has 2 atom stereocenters. The third-order valence-corrected chi connectivity index (χ3v) is 3.83. The maximum atomic E-state index is 5.48. The summed E-state index contributed by atoms with van der Waals surface area (Å²) in [5.41, 5.74) is 0. The van der Waals surface area contributed by atoms with Gasteiger partial charge >= 0.3 is 0 Å². The summed E-state index contributed by atoms with van der Waals surface area (Å²) < 4.78 is 7.42. The van der Waals surface area contributed by atoms with Gasteiger partial charge in [0.1, 0.15) is 5.82 Å². The van der Waals surface area contributed by atoms with Crippen molar-refractivity contribution in [1.82, 2.24) is 19.7 Å². The molecule has 0 aromatic carbocycles. The van der Waals surface area contributed by atoms with Crippen molar-refractivity contribution in [3.05, 3.63) is 30.7 Å². The highest BCUT2D eigenvalue weighted by atomic mass is 16.5. The molecule has 2 aromatic rings. The maximum Gasteiger partial charge on any atom is 0.224 e. The lowest BCUT2D eigenvalue weighted by Crippen LogP contribution is -2.30. The van der Waals surface area contributed by atoms with Gasteiger partial charge in [0, 0.05) is 38.3 Å². The summed E-state index contributed by atoms with van der Waals surface area (Å²) in [6, 6.07) is 4.17. The molecule has 23 heavy (non-hydrogen) atoms. The molecule has 3 heterocycles. The van der Waals surface area contributed by atoms with Crippen LogP contribution >= 0.6 is 0 Å². The van der Waals surface area contributed by atoms with Gasteiger partial charge in [-0.15, -0.1) is 0 Å². The normalized spacial score (nSPS) is 19.3. The van der Waals surface area contributed by atoms with E-state index in [1.807, 2.05) is 23.0 Å². The summed E-state index contributed by atoms with van der Waals surface area (Å²) in [6.45, 7) is 5.46. The molecule has 0 unspecified atom stereocenters.